The molecule has 3 nitrogen and oxygen atoms in total. The second kappa shape index (κ2) is 4.49. The summed E-state index contributed by atoms with van der Waals surface area (Å²) in [4.78, 5) is 3.87. The molecule has 0 saturated carbocycles. The summed E-state index contributed by atoms with van der Waals surface area (Å²) in [6.45, 7) is 3.48. The molecule has 2 aromatic rings. The molecule has 0 aliphatic heterocycles. The summed E-state index contributed by atoms with van der Waals surface area (Å²) in [5.41, 5.74) is 6.91. The normalized spacial score (nSPS) is 9.75. The van der Waals surface area contributed by atoms with Crippen LogP contribution in [0.15, 0.2) is 53.5 Å². The van der Waals surface area contributed by atoms with E-state index in [2.05, 4.69) is 11.7 Å². The number of nitrogen functional groups attached to an aromatic ring is 1. The third kappa shape index (κ3) is 2.03. The first-order valence-corrected chi connectivity index (χ1v) is 4.89. The van der Waals surface area contributed by atoms with Crippen molar-refractivity contribution >= 4 is 18.1 Å². The summed E-state index contributed by atoms with van der Waals surface area (Å²) in [6, 6.07) is 14.9. The molecule has 2 rings (SSSR count). The van der Waals surface area contributed by atoms with Crippen molar-refractivity contribution in [2.24, 2.45) is 4.99 Å². The number of anilines is 1. The Kier molecular flexibility index (Phi) is 2.87. The number of nitrogens with two attached hydrogens (primary N) is 1. The fourth-order valence-electron chi connectivity index (χ4n) is 1.41. The molecule has 2 N–H and O–H groups in total. The van der Waals surface area contributed by atoms with Gasteiger partial charge < -0.3 is 10.5 Å². The smallest absolute Gasteiger partial charge is 0.155 e. The van der Waals surface area contributed by atoms with Gasteiger partial charge in [-0.15, -0.1) is 0 Å². The Hall–Kier alpha value is -2.29. The minimum atomic E-state index is 0.559. The Labute approximate surface area is 94.2 Å². The molecule has 0 spiro atoms. The molecule has 0 heterocycles. The van der Waals surface area contributed by atoms with Crippen LogP contribution in [0.5, 0.6) is 11.5 Å². The fourth-order valence-corrected chi connectivity index (χ4v) is 1.41. The molecular formula is C13H12N2O. The second-order valence-electron chi connectivity index (χ2n) is 3.27. The molecule has 0 aliphatic carbocycles. The molecule has 16 heavy (non-hydrogen) atoms. The van der Waals surface area contributed by atoms with Gasteiger partial charge in [-0.3, -0.25) is 4.99 Å². The highest BCUT2D eigenvalue weighted by atomic mass is 16.5. The van der Waals surface area contributed by atoms with Gasteiger partial charge >= 0.3 is 0 Å². The van der Waals surface area contributed by atoms with E-state index in [1.807, 2.05) is 42.5 Å². The Balaban J connectivity index is 2.35. The lowest BCUT2D eigenvalue weighted by Crippen LogP contribution is -1.89. The van der Waals surface area contributed by atoms with E-state index < -0.39 is 0 Å². The zero-order valence-corrected chi connectivity index (χ0v) is 8.76. The van der Waals surface area contributed by atoms with E-state index >= 15 is 0 Å². The fraction of sp³-hybridized carbons (Fsp3) is 0. The van der Waals surface area contributed by atoms with E-state index in [1.54, 1.807) is 6.07 Å². The maximum absolute atomic E-state index is 5.77. The van der Waals surface area contributed by atoms with Crippen molar-refractivity contribution < 1.29 is 4.74 Å². The zero-order chi connectivity index (χ0) is 11.4. The summed E-state index contributed by atoms with van der Waals surface area (Å²) in [5.74, 6) is 1.36. The lowest BCUT2D eigenvalue weighted by Gasteiger charge is -2.09. The molecule has 0 bridgehead atoms. The van der Waals surface area contributed by atoms with Gasteiger partial charge in [0.15, 0.2) is 5.75 Å². The largest absolute Gasteiger partial charge is 0.455 e. The third-order valence-electron chi connectivity index (χ3n) is 2.16. The standard InChI is InChI=1S/C13H12N2O/c1-15-13-11(14)8-5-9-12(13)16-10-6-3-2-4-7-10/h2-9H,1,14H2. The highest BCUT2D eigenvalue weighted by molar-refractivity contribution is 5.72. The van der Waals surface area contributed by atoms with Crippen molar-refractivity contribution in [3.63, 3.8) is 0 Å². The quantitative estimate of drug-likeness (QED) is 0.626. The maximum Gasteiger partial charge on any atom is 0.155 e. The molecule has 0 fully saturated rings. The van der Waals surface area contributed by atoms with E-state index in [0.717, 1.165) is 5.75 Å². The zero-order valence-electron chi connectivity index (χ0n) is 8.76. The lowest BCUT2D eigenvalue weighted by atomic mass is 10.2. The van der Waals surface area contributed by atoms with Gasteiger partial charge in [0, 0.05) is 0 Å². The van der Waals surface area contributed by atoms with E-state index in [-0.39, 0.29) is 0 Å². The van der Waals surface area contributed by atoms with Gasteiger partial charge in [-0.05, 0) is 31.0 Å². The van der Waals surface area contributed by atoms with Crippen LogP contribution in [0.25, 0.3) is 0 Å². The Bertz CT molecular complexity index is 495. The first-order valence-electron chi connectivity index (χ1n) is 4.89. The van der Waals surface area contributed by atoms with E-state index in [0.29, 0.717) is 17.1 Å². The van der Waals surface area contributed by atoms with Gasteiger partial charge in [-0.1, -0.05) is 24.3 Å². The maximum atomic E-state index is 5.77. The second-order valence-corrected chi connectivity index (χ2v) is 3.27. The SMILES string of the molecule is C=Nc1c(N)cccc1Oc1ccccc1. The summed E-state index contributed by atoms with van der Waals surface area (Å²) in [5, 5.41) is 0. The number of nitrogens with zero attached hydrogens (tertiary/aromatic N) is 1. The van der Waals surface area contributed by atoms with Crippen LogP contribution in [-0.4, -0.2) is 6.72 Å². The average Bonchev–Trinajstić information content (AvgIpc) is 2.31. The van der Waals surface area contributed by atoms with Crippen LogP contribution in [0.4, 0.5) is 11.4 Å². The topological polar surface area (TPSA) is 47.6 Å². The molecule has 0 amide bonds. The average molecular weight is 212 g/mol. The van der Waals surface area contributed by atoms with Gasteiger partial charge in [0.2, 0.25) is 0 Å². The Morgan fingerprint density at radius 2 is 1.75 bits per heavy atom. The van der Waals surface area contributed by atoms with Crippen molar-refractivity contribution in [2.75, 3.05) is 5.73 Å². The van der Waals surface area contributed by atoms with E-state index in [9.17, 15) is 0 Å². The summed E-state index contributed by atoms with van der Waals surface area (Å²) < 4.78 is 5.67. The predicted octanol–water partition coefficient (Wildman–Crippen LogP) is 3.39. The van der Waals surface area contributed by atoms with Crippen LogP contribution in [0, 0.1) is 0 Å². The highest BCUT2D eigenvalue weighted by Crippen LogP contribution is 2.35. The van der Waals surface area contributed by atoms with Gasteiger partial charge in [-0.25, -0.2) is 0 Å². The van der Waals surface area contributed by atoms with Gasteiger partial charge in [0.05, 0.1) is 5.69 Å². The van der Waals surface area contributed by atoms with Crippen LogP contribution >= 0.6 is 0 Å². The lowest BCUT2D eigenvalue weighted by molar-refractivity contribution is 0.484. The van der Waals surface area contributed by atoms with Gasteiger partial charge in [-0.2, -0.15) is 0 Å². The van der Waals surface area contributed by atoms with Crippen molar-refractivity contribution in [2.45, 2.75) is 0 Å². The molecule has 0 aliphatic rings. The molecular weight excluding hydrogens is 200 g/mol. The van der Waals surface area contributed by atoms with Gasteiger partial charge in [0.25, 0.3) is 0 Å². The minimum absolute atomic E-state index is 0.559. The summed E-state index contributed by atoms with van der Waals surface area (Å²) >= 11 is 0. The minimum Gasteiger partial charge on any atom is -0.455 e. The molecule has 2 aromatic carbocycles. The monoisotopic (exact) mass is 212 g/mol. The van der Waals surface area contributed by atoms with E-state index in [4.69, 9.17) is 10.5 Å². The van der Waals surface area contributed by atoms with Crippen molar-refractivity contribution in [3.8, 4) is 11.5 Å². The number of hydrogen-bond donors (Lipinski definition) is 1. The third-order valence-corrected chi connectivity index (χ3v) is 2.16. The highest BCUT2D eigenvalue weighted by Gasteiger charge is 2.05. The first kappa shape index (κ1) is 10.2. The predicted molar refractivity (Wildman–Crippen MR) is 66.6 cm³/mol. The number of rotatable bonds is 3. The molecule has 0 radical (unpaired) electrons. The van der Waals surface area contributed by atoms with Crippen LogP contribution in [-0.2, 0) is 0 Å². The molecule has 0 saturated heterocycles. The van der Waals surface area contributed by atoms with Crippen LogP contribution in [0.1, 0.15) is 0 Å². The van der Waals surface area contributed by atoms with E-state index in [1.165, 1.54) is 0 Å². The number of ether oxygens (including phenoxy) is 1. The van der Waals surface area contributed by atoms with Gasteiger partial charge in [0.1, 0.15) is 11.4 Å². The van der Waals surface area contributed by atoms with Crippen LogP contribution in [0.3, 0.4) is 0 Å². The number of hydrogen-bond acceptors (Lipinski definition) is 3. The van der Waals surface area contributed by atoms with Crippen molar-refractivity contribution in [1.29, 1.82) is 0 Å². The number of benzene rings is 2. The first-order chi connectivity index (χ1) is 7.81. The Morgan fingerprint density at radius 1 is 1.00 bits per heavy atom. The summed E-state index contributed by atoms with van der Waals surface area (Å²) in [6.07, 6.45) is 0. The van der Waals surface area contributed by atoms with Crippen molar-refractivity contribution in [1.82, 2.24) is 0 Å². The molecule has 3 heteroatoms. The number of para-hydroxylation sites is 2. The molecule has 0 atom stereocenters. The number of aliphatic imine (C=N–C) groups is 1. The molecule has 80 valence electrons. The Morgan fingerprint density at radius 3 is 2.44 bits per heavy atom. The van der Waals surface area contributed by atoms with Crippen LogP contribution < -0.4 is 10.5 Å². The van der Waals surface area contributed by atoms with Crippen LogP contribution in [0.2, 0.25) is 0 Å². The molecule has 0 aromatic heterocycles. The summed E-state index contributed by atoms with van der Waals surface area (Å²) in [7, 11) is 0. The molecule has 0 unspecified atom stereocenters. The van der Waals surface area contributed by atoms with Crippen molar-refractivity contribution in [3.05, 3.63) is 48.5 Å².